The van der Waals surface area contributed by atoms with Crippen LogP contribution in [0, 0.1) is 0 Å². The number of benzene rings is 2. The van der Waals surface area contributed by atoms with E-state index in [2.05, 4.69) is 36.2 Å². The number of nitrogens with one attached hydrogen (secondary N) is 5. The molecule has 0 saturated carbocycles. The first-order chi connectivity index (χ1) is 17.0. The van der Waals surface area contributed by atoms with E-state index >= 15 is 0 Å². The largest absolute Gasteiger partial charge is 0.339 e. The average molecular weight is 532 g/mol. The van der Waals surface area contributed by atoms with E-state index in [4.69, 9.17) is 11.6 Å². The molecule has 1 heterocycles. The van der Waals surface area contributed by atoms with Crippen LogP contribution in [0.1, 0.15) is 44.5 Å². The fourth-order valence-corrected chi connectivity index (χ4v) is 4.63. The molecule has 0 unspecified atom stereocenters. The molecule has 0 atom stereocenters. The van der Waals surface area contributed by atoms with Crippen molar-refractivity contribution in [2.24, 2.45) is 0 Å². The highest BCUT2D eigenvalue weighted by Gasteiger charge is 2.22. The van der Waals surface area contributed by atoms with Gasteiger partial charge in [0.05, 0.1) is 11.1 Å². The summed E-state index contributed by atoms with van der Waals surface area (Å²) in [5.74, 6) is 0.332. The molecule has 0 radical (unpaired) electrons. The van der Waals surface area contributed by atoms with Crippen LogP contribution in [0.3, 0.4) is 0 Å². The SMILES string of the molecule is CCCNNC(=O)c1ccc(Nc2ncc(Cl)c(Nc3cccc(S(=O)(=O)NC(C)(C)C)c3)n2)cc1. The van der Waals surface area contributed by atoms with E-state index in [0.29, 0.717) is 29.3 Å². The normalized spacial score (nSPS) is 11.7. The lowest BCUT2D eigenvalue weighted by atomic mass is 10.1. The van der Waals surface area contributed by atoms with Crippen LogP contribution in [0.5, 0.6) is 0 Å². The summed E-state index contributed by atoms with van der Waals surface area (Å²) in [6.45, 7) is 8.01. The fourth-order valence-electron chi connectivity index (χ4n) is 3.03. The van der Waals surface area contributed by atoms with E-state index < -0.39 is 15.6 Å². The molecule has 0 aliphatic carbocycles. The van der Waals surface area contributed by atoms with Gasteiger partial charge < -0.3 is 10.6 Å². The van der Waals surface area contributed by atoms with Crippen LogP contribution in [-0.4, -0.2) is 36.4 Å². The summed E-state index contributed by atoms with van der Waals surface area (Å²) in [7, 11) is -3.71. The average Bonchev–Trinajstić information content (AvgIpc) is 2.80. The summed E-state index contributed by atoms with van der Waals surface area (Å²) in [4.78, 5) is 20.8. The summed E-state index contributed by atoms with van der Waals surface area (Å²) in [6.07, 6.45) is 2.34. The zero-order valence-electron chi connectivity index (χ0n) is 20.5. The Hall–Kier alpha value is -3.25. The molecule has 0 fully saturated rings. The number of rotatable bonds is 10. The van der Waals surface area contributed by atoms with Gasteiger partial charge in [0.15, 0.2) is 5.82 Å². The maximum Gasteiger partial charge on any atom is 0.265 e. The number of nitrogens with zero attached hydrogens (tertiary/aromatic N) is 2. The first-order valence-electron chi connectivity index (χ1n) is 11.3. The quantitative estimate of drug-likeness (QED) is 0.192. The topological polar surface area (TPSA) is 137 Å². The molecule has 2 aromatic carbocycles. The molecule has 3 rings (SSSR count). The first kappa shape index (κ1) is 27.3. The number of halogens is 1. The Balaban J connectivity index is 1.73. The standard InChI is InChI=1S/C24H30ClN7O3S/c1-5-13-27-31-22(33)16-9-11-17(12-10-16)29-23-26-15-20(25)21(30-23)28-18-7-6-8-19(14-18)36(34,35)32-24(2,3)4/h6-12,14-15,27,32H,5,13H2,1-4H3,(H,31,33)(H2,26,28,29,30). The van der Waals surface area contributed by atoms with Gasteiger partial charge in [-0.1, -0.05) is 24.6 Å². The summed E-state index contributed by atoms with van der Waals surface area (Å²) in [5.41, 5.74) is 6.52. The number of carbonyl (C=O) groups excluding carboxylic acids is 1. The molecule has 12 heteroatoms. The molecule has 0 spiro atoms. The molecule has 0 aliphatic heterocycles. The Morgan fingerprint density at radius 1 is 1.03 bits per heavy atom. The van der Waals surface area contributed by atoms with E-state index in [1.807, 2.05) is 6.92 Å². The molecule has 0 aliphatic rings. The molecule has 0 saturated heterocycles. The first-order valence-corrected chi connectivity index (χ1v) is 13.2. The minimum Gasteiger partial charge on any atom is -0.339 e. The van der Waals surface area contributed by atoms with Crippen molar-refractivity contribution in [3.8, 4) is 0 Å². The van der Waals surface area contributed by atoms with Crippen LogP contribution in [0.25, 0.3) is 0 Å². The lowest BCUT2D eigenvalue weighted by Crippen LogP contribution is -2.40. The zero-order chi connectivity index (χ0) is 26.3. The van der Waals surface area contributed by atoms with Crippen LogP contribution >= 0.6 is 11.6 Å². The molecular formula is C24H30ClN7O3S. The second-order valence-electron chi connectivity index (χ2n) is 8.98. The van der Waals surface area contributed by atoms with Crippen LogP contribution < -0.4 is 26.2 Å². The monoisotopic (exact) mass is 531 g/mol. The number of carbonyl (C=O) groups is 1. The number of sulfonamides is 1. The Bertz CT molecular complexity index is 1310. The van der Waals surface area contributed by atoms with E-state index in [0.717, 1.165) is 6.42 Å². The van der Waals surface area contributed by atoms with Crippen molar-refractivity contribution in [3.63, 3.8) is 0 Å². The van der Waals surface area contributed by atoms with Crippen LogP contribution in [0.15, 0.2) is 59.6 Å². The van der Waals surface area contributed by atoms with Gasteiger partial charge in [-0.05, 0) is 69.7 Å². The highest BCUT2D eigenvalue weighted by Crippen LogP contribution is 2.26. The van der Waals surface area contributed by atoms with Crippen LogP contribution in [0.4, 0.5) is 23.1 Å². The maximum atomic E-state index is 12.7. The van der Waals surface area contributed by atoms with Crippen molar-refractivity contribution >= 4 is 50.7 Å². The second kappa shape index (κ2) is 11.7. The fraction of sp³-hybridized carbons (Fsp3) is 0.292. The summed E-state index contributed by atoms with van der Waals surface area (Å²) in [5, 5.41) is 6.37. The highest BCUT2D eigenvalue weighted by atomic mass is 35.5. The van der Waals surface area contributed by atoms with Gasteiger partial charge in [-0.25, -0.2) is 23.5 Å². The van der Waals surface area contributed by atoms with Gasteiger partial charge in [0.2, 0.25) is 16.0 Å². The number of hydrogen-bond donors (Lipinski definition) is 5. The van der Waals surface area contributed by atoms with E-state index in [1.54, 1.807) is 57.2 Å². The smallest absolute Gasteiger partial charge is 0.265 e. The predicted molar refractivity (Wildman–Crippen MR) is 142 cm³/mol. The highest BCUT2D eigenvalue weighted by molar-refractivity contribution is 7.89. The van der Waals surface area contributed by atoms with Gasteiger partial charge in [-0.15, -0.1) is 0 Å². The zero-order valence-corrected chi connectivity index (χ0v) is 22.1. The van der Waals surface area contributed by atoms with Gasteiger partial charge in [0, 0.05) is 29.0 Å². The molecule has 10 nitrogen and oxygen atoms in total. The minimum atomic E-state index is -3.71. The third-order valence-corrected chi connectivity index (χ3v) is 6.60. The Kier molecular flexibility index (Phi) is 8.85. The molecule has 0 bridgehead atoms. The number of hydrogen-bond acceptors (Lipinski definition) is 8. The van der Waals surface area contributed by atoms with E-state index in [-0.39, 0.29) is 21.8 Å². The number of aromatic nitrogens is 2. The van der Waals surface area contributed by atoms with Crippen molar-refractivity contribution < 1.29 is 13.2 Å². The summed E-state index contributed by atoms with van der Waals surface area (Å²) >= 11 is 6.28. The predicted octanol–water partition coefficient (Wildman–Crippen LogP) is 4.34. The molecule has 36 heavy (non-hydrogen) atoms. The van der Waals surface area contributed by atoms with E-state index in [1.165, 1.54) is 18.3 Å². The lowest BCUT2D eigenvalue weighted by molar-refractivity contribution is 0.0933. The summed E-state index contributed by atoms with van der Waals surface area (Å²) in [6, 6.07) is 13.2. The van der Waals surface area contributed by atoms with Crippen molar-refractivity contribution in [1.29, 1.82) is 0 Å². The molecular weight excluding hydrogens is 502 g/mol. The number of anilines is 4. The van der Waals surface area contributed by atoms with Crippen molar-refractivity contribution in [1.82, 2.24) is 25.5 Å². The molecule has 3 aromatic rings. The number of hydrazine groups is 1. The van der Waals surface area contributed by atoms with Gasteiger partial charge in [-0.3, -0.25) is 10.2 Å². The van der Waals surface area contributed by atoms with Crippen molar-refractivity contribution in [2.45, 2.75) is 44.6 Å². The number of amides is 1. The summed E-state index contributed by atoms with van der Waals surface area (Å²) < 4.78 is 28.0. The van der Waals surface area contributed by atoms with Crippen LogP contribution in [-0.2, 0) is 10.0 Å². The molecule has 192 valence electrons. The molecule has 1 aromatic heterocycles. The second-order valence-corrected chi connectivity index (χ2v) is 11.1. The van der Waals surface area contributed by atoms with Gasteiger partial charge in [-0.2, -0.15) is 4.98 Å². The van der Waals surface area contributed by atoms with Crippen molar-refractivity contribution in [2.75, 3.05) is 17.2 Å². The Morgan fingerprint density at radius 3 is 2.42 bits per heavy atom. The minimum absolute atomic E-state index is 0.111. The van der Waals surface area contributed by atoms with Crippen molar-refractivity contribution in [3.05, 3.63) is 65.3 Å². The molecule has 5 N–H and O–H groups in total. The molecule has 1 amide bonds. The maximum absolute atomic E-state index is 12.7. The Morgan fingerprint density at radius 2 is 1.75 bits per heavy atom. The Labute approximate surface area is 216 Å². The van der Waals surface area contributed by atoms with Gasteiger partial charge >= 0.3 is 0 Å². The third-order valence-electron chi connectivity index (χ3n) is 4.57. The third kappa shape index (κ3) is 7.89. The van der Waals surface area contributed by atoms with Gasteiger partial charge in [0.25, 0.3) is 5.91 Å². The van der Waals surface area contributed by atoms with Crippen LogP contribution in [0.2, 0.25) is 5.02 Å². The lowest BCUT2D eigenvalue weighted by Gasteiger charge is -2.20. The van der Waals surface area contributed by atoms with E-state index in [9.17, 15) is 13.2 Å². The van der Waals surface area contributed by atoms with Gasteiger partial charge in [0.1, 0.15) is 5.02 Å².